The summed E-state index contributed by atoms with van der Waals surface area (Å²) in [5.41, 5.74) is 0.847. The highest BCUT2D eigenvalue weighted by Crippen LogP contribution is 2.31. The third kappa shape index (κ3) is 4.01. The van der Waals surface area contributed by atoms with Crippen LogP contribution in [0.2, 0.25) is 0 Å². The smallest absolute Gasteiger partial charge is 0.405 e. The van der Waals surface area contributed by atoms with Gasteiger partial charge in [-0.05, 0) is 31.2 Å². The molecule has 2 unspecified atom stereocenters. The van der Waals surface area contributed by atoms with Crippen LogP contribution in [0.5, 0.6) is 0 Å². The molecule has 0 aliphatic carbocycles. The first-order chi connectivity index (χ1) is 13.9. The van der Waals surface area contributed by atoms with Crippen molar-refractivity contribution in [3.63, 3.8) is 0 Å². The molecule has 0 saturated carbocycles. The highest BCUT2D eigenvalue weighted by atomic mass is 32.1. The van der Waals surface area contributed by atoms with E-state index in [0.717, 1.165) is 24.1 Å². The number of aromatic nitrogens is 5. The van der Waals surface area contributed by atoms with Gasteiger partial charge in [0.15, 0.2) is 6.23 Å². The number of carboxylic acid groups (broad SMARTS) is 1. The van der Waals surface area contributed by atoms with Gasteiger partial charge in [0.1, 0.15) is 16.2 Å². The van der Waals surface area contributed by atoms with Gasteiger partial charge < -0.3 is 20.1 Å². The van der Waals surface area contributed by atoms with Crippen LogP contribution < -0.4 is 10.9 Å². The van der Waals surface area contributed by atoms with Gasteiger partial charge in [-0.25, -0.2) is 9.78 Å². The first kappa shape index (κ1) is 19.5. The number of fused-ring (bicyclic) bond motifs is 1. The maximum atomic E-state index is 12.6. The molecule has 1 aliphatic heterocycles. The van der Waals surface area contributed by atoms with Gasteiger partial charge in [0.25, 0.3) is 5.56 Å². The van der Waals surface area contributed by atoms with Gasteiger partial charge in [-0.2, -0.15) is 9.90 Å². The second-order valence-corrected chi connectivity index (χ2v) is 8.37. The van der Waals surface area contributed by atoms with E-state index in [1.54, 1.807) is 17.1 Å². The molecule has 0 spiro atoms. The van der Waals surface area contributed by atoms with Crippen LogP contribution in [-0.2, 0) is 4.74 Å². The fraction of sp³-hybridized carbons (Fsp3) is 0.500. The zero-order valence-electron chi connectivity index (χ0n) is 16.1. The zero-order chi connectivity index (χ0) is 20.5. The quantitative estimate of drug-likeness (QED) is 0.580. The molecule has 3 aromatic rings. The van der Waals surface area contributed by atoms with Crippen LogP contribution in [0, 0.1) is 5.92 Å². The number of thiophene rings is 1. The molecule has 154 valence electrons. The van der Waals surface area contributed by atoms with Crippen LogP contribution in [-0.4, -0.2) is 42.8 Å². The first-order valence-corrected chi connectivity index (χ1v) is 10.3. The van der Waals surface area contributed by atoms with Gasteiger partial charge in [-0.3, -0.25) is 4.79 Å². The Morgan fingerprint density at radius 2 is 2.28 bits per heavy atom. The highest BCUT2D eigenvalue weighted by molar-refractivity contribution is 7.22. The van der Waals surface area contributed by atoms with E-state index in [4.69, 9.17) is 9.84 Å². The summed E-state index contributed by atoms with van der Waals surface area (Å²) in [6.45, 7) is 4.42. The third-order valence-corrected chi connectivity index (χ3v) is 5.96. The molecule has 3 aromatic heterocycles. The minimum Gasteiger partial charge on any atom is -0.465 e. The lowest BCUT2D eigenvalue weighted by molar-refractivity contribution is -0.0479. The number of aromatic amines is 1. The SMILES string of the molecule is CC(C)C(NC(=O)O)c1nc2cc(-c3cnn(C4CCCCO4)n3)sc2c(=O)[nH]1. The maximum Gasteiger partial charge on any atom is 0.405 e. The predicted molar refractivity (Wildman–Crippen MR) is 107 cm³/mol. The van der Waals surface area contributed by atoms with Crippen molar-refractivity contribution in [2.45, 2.75) is 45.4 Å². The van der Waals surface area contributed by atoms with Crippen molar-refractivity contribution in [3.05, 3.63) is 28.4 Å². The number of hydrogen-bond donors (Lipinski definition) is 3. The summed E-state index contributed by atoms with van der Waals surface area (Å²) >= 11 is 1.28. The number of amides is 1. The summed E-state index contributed by atoms with van der Waals surface area (Å²) in [4.78, 5) is 33.3. The van der Waals surface area contributed by atoms with Crippen molar-refractivity contribution in [3.8, 4) is 10.6 Å². The number of H-pyrrole nitrogens is 1. The van der Waals surface area contributed by atoms with E-state index >= 15 is 0 Å². The van der Waals surface area contributed by atoms with Gasteiger partial charge in [-0.1, -0.05) is 13.8 Å². The maximum absolute atomic E-state index is 12.6. The van der Waals surface area contributed by atoms with Crippen LogP contribution in [0.3, 0.4) is 0 Å². The van der Waals surface area contributed by atoms with Crippen molar-refractivity contribution < 1.29 is 14.6 Å². The van der Waals surface area contributed by atoms with Crippen molar-refractivity contribution in [1.82, 2.24) is 30.3 Å². The molecule has 4 rings (SSSR count). The van der Waals surface area contributed by atoms with Crippen LogP contribution in [0.1, 0.15) is 51.2 Å². The normalized spacial score (nSPS) is 18.2. The Hall–Kier alpha value is -2.79. The molecule has 2 atom stereocenters. The number of hydrogen-bond acceptors (Lipinski definition) is 7. The standard InChI is InChI=1S/C18H22N6O4S/c1-9(2)14(21-18(26)27)16-20-10-7-12(29-15(10)17(25)22-16)11-8-19-24(23-11)13-5-3-4-6-28-13/h7-9,13-14,21H,3-6H2,1-2H3,(H,26,27)(H,20,22,25). The number of nitrogens with one attached hydrogen (secondary N) is 2. The van der Waals surface area contributed by atoms with Crippen molar-refractivity contribution >= 4 is 27.6 Å². The average Bonchev–Trinajstić information content (AvgIpc) is 3.33. The van der Waals surface area contributed by atoms with Gasteiger partial charge >= 0.3 is 6.09 Å². The van der Waals surface area contributed by atoms with E-state index in [1.165, 1.54) is 11.3 Å². The summed E-state index contributed by atoms with van der Waals surface area (Å²) in [6, 6.07) is 1.17. The Labute approximate surface area is 169 Å². The molecular formula is C18H22N6O4S. The Bertz CT molecular complexity index is 1080. The number of nitrogens with zero attached hydrogens (tertiary/aromatic N) is 4. The average molecular weight is 418 g/mol. The van der Waals surface area contributed by atoms with E-state index in [1.807, 2.05) is 13.8 Å². The molecule has 11 heteroatoms. The minimum atomic E-state index is -1.17. The van der Waals surface area contributed by atoms with Gasteiger partial charge in [0.05, 0.1) is 22.6 Å². The monoisotopic (exact) mass is 418 g/mol. The van der Waals surface area contributed by atoms with Crippen LogP contribution in [0.25, 0.3) is 20.8 Å². The molecule has 4 heterocycles. The Balaban J connectivity index is 1.67. The molecule has 29 heavy (non-hydrogen) atoms. The van der Waals surface area contributed by atoms with Gasteiger partial charge in [0, 0.05) is 6.61 Å². The Kier molecular flexibility index (Phi) is 5.33. The van der Waals surface area contributed by atoms with Crippen molar-refractivity contribution in [2.24, 2.45) is 5.92 Å². The Morgan fingerprint density at radius 1 is 1.45 bits per heavy atom. The lowest BCUT2D eigenvalue weighted by atomic mass is 10.0. The van der Waals surface area contributed by atoms with E-state index < -0.39 is 12.1 Å². The van der Waals surface area contributed by atoms with E-state index in [-0.39, 0.29) is 17.7 Å². The molecule has 3 N–H and O–H groups in total. The summed E-state index contributed by atoms with van der Waals surface area (Å²) in [5, 5.41) is 20.3. The summed E-state index contributed by atoms with van der Waals surface area (Å²) in [5.74, 6) is 0.212. The first-order valence-electron chi connectivity index (χ1n) is 9.49. The number of ether oxygens (including phenoxy) is 1. The van der Waals surface area contributed by atoms with Crippen LogP contribution in [0.15, 0.2) is 17.1 Å². The van der Waals surface area contributed by atoms with E-state index in [2.05, 4.69) is 25.5 Å². The summed E-state index contributed by atoms with van der Waals surface area (Å²) in [6.07, 6.45) is 3.33. The number of rotatable bonds is 5. The highest BCUT2D eigenvalue weighted by Gasteiger charge is 2.23. The predicted octanol–water partition coefficient (Wildman–Crippen LogP) is 2.91. The molecular weight excluding hydrogens is 396 g/mol. The summed E-state index contributed by atoms with van der Waals surface area (Å²) in [7, 11) is 0. The molecule has 1 aliphatic rings. The number of carbonyl (C=O) groups is 1. The fourth-order valence-corrected chi connectivity index (χ4v) is 4.29. The lowest BCUT2D eigenvalue weighted by Crippen LogP contribution is -2.33. The van der Waals surface area contributed by atoms with E-state index in [9.17, 15) is 9.59 Å². The molecule has 10 nitrogen and oxygen atoms in total. The summed E-state index contributed by atoms with van der Waals surface area (Å²) < 4.78 is 6.17. The molecule has 1 amide bonds. The molecule has 1 saturated heterocycles. The topological polar surface area (TPSA) is 135 Å². The van der Waals surface area contributed by atoms with Crippen LogP contribution >= 0.6 is 11.3 Å². The second-order valence-electron chi connectivity index (χ2n) is 7.32. The van der Waals surface area contributed by atoms with Crippen molar-refractivity contribution in [2.75, 3.05) is 6.61 Å². The third-order valence-electron chi connectivity index (χ3n) is 4.82. The second kappa shape index (κ2) is 7.91. The van der Waals surface area contributed by atoms with Gasteiger partial charge in [-0.15, -0.1) is 16.4 Å². The Morgan fingerprint density at radius 3 is 2.97 bits per heavy atom. The molecule has 1 fully saturated rings. The fourth-order valence-electron chi connectivity index (χ4n) is 3.35. The molecule has 0 aromatic carbocycles. The largest absolute Gasteiger partial charge is 0.465 e. The minimum absolute atomic E-state index is 0.0832. The molecule has 0 bridgehead atoms. The van der Waals surface area contributed by atoms with Gasteiger partial charge in [0.2, 0.25) is 0 Å². The molecule has 0 radical (unpaired) electrons. The van der Waals surface area contributed by atoms with Crippen molar-refractivity contribution in [1.29, 1.82) is 0 Å². The van der Waals surface area contributed by atoms with E-state index in [0.29, 0.717) is 28.3 Å². The lowest BCUT2D eigenvalue weighted by Gasteiger charge is -2.21. The zero-order valence-corrected chi connectivity index (χ0v) is 16.9. The van der Waals surface area contributed by atoms with Crippen LogP contribution in [0.4, 0.5) is 4.79 Å².